The largest absolute Gasteiger partial charge is 0.417 e. The monoisotopic (exact) mass is 508 g/mol. The number of hydrogen-bond acceptors (Lipinski definition) is 5. The Morgan fingerprint density at radius 1 is 0.972 bits per heavy atom. The molecule has 10 heteroatoms. The summed E-state index contributed by atoms with van der Waals surface area (Å²) < 4.78 is 68.0. The molecule has 2 aromatic carbocycles. The first kappa shape index (κ1) is 23.8. The second-order valence-corrected chi connectivity index (χ2v) is 10.4. The van der Waals surface area contributed by atoms with Crippen LogP contribution in [0.15, 0.2) is 78.0 Å². The first-order chi connectivity index (χ1) is 17.2. The maximum absolute atomic E-state index is 13.9. The van der Waals surface area contributed by atoms with Gasteiger partial charge in [0.25, 0.3) is 10.0 Å². The molecule has 0 radical (unpaired) electrons. The summed E-state index contributed by atoms with van der Waals surface area (Å²) in [7, 11) is -4.21. The summed E-state index contributed by atoms with van der Waals surface area (Å²) >= 11 is 0. The summed E-state index contributed by atoms with van der Waals surface area (Å²) in [6.07, 6.45) is -0.508. The van der Waals surface area contributed by atoms with Crippen molar-refractivity contribution in [1.29, 1.82) is 5.26 Å². The molecule has 1 fully saturated rings. The van der Waals surface area contributed by atoms with E-state index in [0.29, 0.717) is 11.8 Å². The van der Waals surface area contributed by atoms with E-state index in [2.05, 4.69) is 9.97 Å². The van der Waals surface area contributed by atoms with Crippen molar-refractivity contribution in [3.8, 4) is 6.07 Å². The van der Waals surface area contributed by atoms with E-state index in [1.165, 1.54) is 30.3 Å². The third kappa shape index (κ3) is 4.50. The molecule has 0 bridgehead atoms. The fourth-order valence-corrected chi connectivity index (χ4v) is 5.49. The average molecular weight is 509 g/mol. The Morgan fingerprint density at radius 2 is 1.69 bits per heavy atom. The van der Waals surface area contributed by atoms with Crippen molar-refractivity contribution < 1.29 is 21.6 Å². The van der Waals surface area contributed by atoms with Crippen LogP contribution in [0.1, 0.15) is 41.1 Å². The van der Waals surface area contributed by atoms with Gasteiger partial charge in [-0.3, -0.25) is 4.98 Å². The van der Waals surface area contributed by atoms with Crippen molar-refractivity contribution in [3.63, 3.8) is 0 Å². The molecule has 6 nitrogen and oxygen atoms in total. The van der Waals surface area contributed by atoms with Crippen LogP contribution in [-0.4, -0.2) is 18.4 Å². The van der Waals surface area contributed by atoms with Gasteiger partial charge in [-0.2, -0.15) is 18.4 Å². The Hall–Kier alpha value is -3.97. The lowest BCUT2D eigenvalue weighted by atomic mass is 10.0. The van der Waals surface area contributed by atoms with Gasteiger partial charge in [-0.25, -0.2) is 17.7 Å². The molecule has 182 valence electrons. The predicted octanol–water partition coefficient (Wildman–Crippen LogP) is 5.79. The fourth-order valence-electron chi connectivity index (χ4n) is 4.08. The van der Waals surface area contributed by atoms with E-state index in [9.17, 15) is 21.6 Å². The van der Waals surface area contributed by atoms with E-state index in [-0.39, 0.29) is 28.9 Å². The highest BCUT2D eigenvalue weighted by Gasteiger charge is 2.36. The standard InChI is InChI=1S/C26H19F3N4O2S/c27-26(28,29)20-9-10-21(31-15-20)16-33(36(34,35)22-11-5-17(13-30)6-12-22)25-24(18-7-8-18)23-4-2-1-3-19(23)14-32-25/h1-6,9-12,14-15,18H,7-8,16H2. The zero-order valence-electron chi connectivity index (χ0n) is 18.8. The lowest BCUT2D eigenvalue weighted by Crippen LogP contribution is -2.32. The van der Waals surface area contributed by atoms with Crippen LogP contribution in [0.2, 0.25) is 0 Å². The molecular weight excluding hydrogens is 489 g/mol. The molecule has 5 rings (SSSR count). The van der Waals surface area contributed by atoms with Crippen LogP contribution in [0.3, 0.4) is 0 Å². The molecule has 0 unspecified atom stereocenters. The maximum Gasteiger partial charge on any atom is 0.417 e. The number of aromatic nitrogens is 2. The number of halogens is 3. The number of fused-ring (bicyclic) bond motifs is 1. The van der Waals surface area contributed by atoms with Crippen molar-refractivity contribution >= 4 is 26.6 Å². The molecule has 36 heavy (non-hydrogen) atoms. The highest BCUT2D eigenvalue weighted by molar-refractivity contribution is 7.92. The molecule has 4 aromatic rings. The Balaban J connectivity index is 1.66. The summed E-state index contributed by atoms with van der Waals surface area (Å²) in [5.41, 5.74) is 0.303. The zero-order valence-corrected chi connectivity index (χ0v) is 19.6. The number of alkyl halides is 3. The SMILES string of the molecule is N#Cc1ccc(S(=O)(=O)N(Cc2ccc(C(F)(F)F)cn2)c2ncc3ccccc3c2C2CC2)cc1. The molecular formula is C26H19F3N4O2S. The van der Waals surface area contributed by atoms with E-state index in [1.807, 2.05) is 30.3 Å². The number of nitrogens with zero attached hydrogens (tertiary/aromatic N) is 4. The average Bonchev–Trinajstić information content (AvgIpc) is 3.71. The van der Waals surface area contributed by atoms with Crippen LogP contribution < -0.4 is 4.31 Å². The van der Waals surface area contributed by atoms with Crippen LogP contribution in [0, 0.1) is 11.3 Å². The van der Waals surface area contributed by atoms with E-state index in [1.54, 1.807) is 6.20 Å². The number of nitriles is 1. The van der Waals surface area contributed by atoms with E-state index >= 15 is 0 Å². The van der Waals surface area contributed by atoms with Gasteiger partial charge in [0.15, 0.2) is 0 Å². The molecule has 1 aliphatic carbocycles. The molecule has 1 aliphatic rings. The van der Waals surface area contributed by atoms with Crippen LogP contribution in [0.4, 0.5) is 19.0 Å². The molecule has 2 aromatic heterocycles. The van der Waals surface area contributed by atoms with Gasteiger partial charge < -0.3 is 0 Å². The molecule has 0 atom stereocenters. The third-order valence-corrected chi connectivity index (χ3v) is 7.82. The minimum atomic E-state index is -4.56. The van der Waals surface area contributed by atoms with Crippen LogP contribution in [0.5, 0.6) is 0 Å². The number of sulfonamides is 1. The van der Waals surface area contributed by atoms with Gasteiger partial charge in [0, 0.05) is 23.3 Å². The first-order valence-electron chi connectivity index (χ1n) is 11.1. The molecule has 2 heterocycles. The number of rotatable bonds is 6. The highest BCUT2D eigenvalue weighted by atomic mass is 32.2. The lowest BCUT2D eigenvalue weighted by molar-refractivity contribution is -0.137. The van der Waals surface area contributed by atoms with Gasteiger partial charge in [0.1, 0.15) is 5.82 Å². The topological polar surface area (TPSA) is 87.0 Å². The summed E-state index contributed by atoms with van der Waals surface area (Å²) in [5, 5.41) is 10.8. The number of pyridine rings is 2. The number of hydrogen-bond donors (Lipinski definition) is 0. The minimum Gasteiger partial charge on any atom is -0.259 e. The first-order valence-corrected chi connectivity index (χ1v) is 12.5. The van der Waals surface area contributed by atoms with E-state index in [4.69, 9.17) is 5.26 Å². The minimum absolute atomic E-state index is 0.0647. The second-order valence-electron chi connectivity index (χ2n) is 8.54. The smallest absolute Gasteiger partial charge is 0.259 e. The molecule has 0 N–H and O–H groups in total. The number of anilines is 1. The fraction of sp³-hybridized carbons (Fsp3) is 0.192. The van der Waals surface area contributed by atoms with Crippen LogP contribution >= 0.6 is 0 Å². The zero-order chi connectivity index (χ0) is 25.5. The Kier molecular flexibility index (Phi) is 5.88. The van der Waals surface area contributed by atoms with Crippen molar-refractivity contribution in [2.75, 3.05) is 4.31 Å². The Morgan fingerprint density at radius 3 is 2.31 bits per heavy atom. The summed E-state index contributed by atoms with van der Waals surface area (Å²) in [6.45, 7) is -0.314. The summed E-state index contributed by atoms with van der Waals surface area (Å²) in [4.78, 5) is 8.37. The van der Waals surface area contributed by atoms with Gasteiger partial charge in [0.05, 0.1) is 34.3 Å². The van der Waals surface area contributed by atoms with Crippen molar-refractivity contribution in [2.24, 2.45) is 0 Å². The highest BCUT2D eigenvalue weighted by Crippen LogP contribution is 2.47. The third-order valence-electron chi connectivity index (χ3n) is 6.07. The van der Waals surface area contributed by atoms with Crippen LogP contribution in [0.25, 0.3) is 10.8 Å². The van der Waals surface area contributed by atoms with Crippen molar-refractivity contribution in [1.82, 2.24) is 9.97 Å². The van der Waals surface area contributed by atoms with Gasteiger partial charge in [-0.1, -0.05) is 24.3 Å². The quantitative estimate of drug-likeness (QED) is 0.329. The van der Waals surface area contributed by atoms with E-state index < -0.39 is 21.8 Å². The van der Waals surface area contributed by atoms with Gasteiger partial charge in [0.2, 0.25) is 0 Å². The van der Waals surface area contributed by atoms with Crippen LogP contribution in [-0.2, 0) is 22.7 Å². The number of benzene rings is 2. The molecule has 0 amide bonds. The van der Waals surface area contributed by atoms with Crippen molar-refractivity contribution in [2.45, 2.75) is 36.4 Å². The molecule has 0 saturated heterocycles. The van der Waals surface area contributed by atoms with Gasteiger partial charge in [-0.05, 0) is 60.5 Å². The maximum atomic E-state index is 13.9. The van der Waals surface area contributed by atoms with Crippen molar-refractivity contribution in [3.05, 3.63) is 95.4 Å². The molecule has 0 aliphatic heterocycles. The summed E-state index contributed by atoms with van der Waals surface area (Å²) in [6, 6.07) is 17.0. The Bertz CT molecular complexity index is 1580. The van der Waals surface area contributed by atoms with Gasteiger partial charge >= 0.3 is 6.18 Å². The Labute approximate surface area is 205 Å². The predicted molar refractivity (Wildman–Crippen MR) is 127 cm³/mol. The van der Waals surface area contributed by atoms with E-state index in [0.717, 1.165) is 39.5 Å². The lowest BCUT2D eigenvalue weighted by Gasteiger charge is -2.26. The molecule has 1 saturated carbocycles. The van der Waals surface area contributed by atoms with Gasteiger partial charge in [-0.15, -0.1) is 0 Å². The molecule has 0 spiro atoms. The normalized spacial score (nSPS) is 13.9. The second kappa shape index (κ2) is 8.91. The summed E-state index contributed by atoms with van der Waals surface area (Å²) in [5.74, 6) is 0.347.